The standard InChI is InChI=1S/C24H25F4N7OS/c1-36-19-7-15(25)14(6-16(19)26)17-5-13(10-35-12-32-21-22(29)33-37-23(21)35)18(9-31-17)34-4-2-3-24(30,11-34)8-20(27)28/h5-7,9,12,20H,2-4,8,10-11,30H2,1H3,(H2,29,33)/t24-/m0/s1. The van der Waals surface area contributed by atoms with E-state index in [0.29, 0.717) is 42.0 Å². The fraction of sp³-hybridized carbons (Fsp3) is 0.375. The lowest BCUT2D eigenvalue weighted by molar-refractivity contribution is 0.0983. The van der Waals surface area contributed by atoms with Gasteiger partial charge in [-0.3, -0.25) is 4.98 Å². The SMILES string of the molecule is COc1cc(F)c(-c2cc(Cn3cnc4c(N)nsc43)c(N3CCC[C@](N)(CC(F)F)C3)cn2)cc1F. The number of piperidine rings is 1. The Balaban J connectivity index is 1.58. The lowest BCUT2D eigenvalue weighted by atomic mass is 9.86. The number of pyridine rings is 1. The molecule has 8 nitrogen and oxygen atoms in total. The lowest BCUT2D eigenvalue weighted by Crippen LogP contribution is -2.55. The predicted molar refractivity (Wildman–Crippen MR) is 134 cm³/mol. The number of nitrogens with two attached hydrogens (primary N) is 2. The normalized spacial score (nSPS) is 18.2. The first-order valence-electron chi connectivity index (χ1n) is 11.6. The molecule has 37 heavy (non-hydrogen) atoms. The molecular weight excluding hydrogens is 510 g/mol. The van der Waals surface area contributed by atoms with Crippen LogP contribution in [-0.4, -0.2) is 51.1 Å². The zero-order valence-corrected chi connectivity index (χ0v) is 20.7. The van der Waals surface area contributed by atoms with Gasteiger partial charge in [0.2, 0.25) is 6.43 Å². The molecule has 1 fully saturated rings. The number of methoxy groups -OCH3 is 1. The van der Waals surface area contributed by atoms with E-state index in [-0.39, 0.29) is 30.1 Å². The van der Waals surface area contributed by atoms with Gasteiger partial charge in [-0.1, -0.05) is 0 Å². The summed E-state index contributed by atoms with van der Waals surface area (Å²) in [4.78, 5) is 11.4. The van der Waals surface area contributed by atoms with E-state index in [4.69, 9.17) is 16.2 Å². The van der Waals surface area contributed by atoms with E-state index in [9.17, 15) is 17.6 Å². The summed E-state index contributed by atoms with van der Waals surface area (Å²) in [5.74, 6) is -1.31. The quantitative estimate of drug-likeness (QED) is 0.337. The van der Waals surface area contributed by atoms with Crippen molar-refractivity contribution in [1.29, 1.82) is 0 Å². The van der Waals surface area contributed by atoms with Crippen molar-refractivity contribution in [2.24, 2.45) is 5.73 Å². The van der Waals surface area contributed by atoms with Crippen LogP contribution in [-0.2, 0) is 6.54 Å². The van der Waals surface area contributed by atoms with Crippen LogP contribution in [0.15, 0.2) is 30.7 Å². The number of ether oxygens (including phenoxy) is 1. The summed E-state index contributed by atoms with van der Waals surface area (Å²) in [5.41, 5.74) is 13.3. The zero-order valence-electron chi connectivity index (χ0n) is 19.9. The number of aromatic nitrogens is 4. The average Bonchev–Trinajstić information content (AvgIpc) is 3.42. The van der Waals surface area contributed by atoms with Crippen molar-refractivity contribution in [2.75, 3.05) is 30.8 Å². The predicted octanol–water partition coefficient (Wildman–Crippen LogP) is 4.43. The van der Waals surface area contributed by atoms with E-state index < -0.39 is 30.0 Å². The summed E-state index contributed by atoms with van der Waals surface area (Å²) < 4.78 is 66.6. The minimum absolute atomic E-state index is 0.0339. The second-order valence-electron chi connectivity index (χ2n) is 9.24. The van der Waals surface area contributed by atoms with Crippen LogP contribution in [0.1, 0.15) is 24.8 Å². The first kappa shape index (κ1) is 25.2. The number of hydrogen-bond acceptors (Lipinski definition) is 8. The highest BCUT2D eigenvalue weighted by molar-refractivity contribution is 7.13. The molecule has 5 rings (SSSR count). The highest BCUT2D eigenvalue weighted by Gasteiger charge is 2.35. The summed E-state index contributed by atoms with van der Waals surface area (Å²) in [7, 11) is 1.25. The van der Waals surface area contributed by atoms with Crippen LogP contribution in [0.2, 0.25) is 0 Å². The van der Waals surface area contributed by atoms with Crippen LogP contribution in [0.3, 0.4) is 0 Å². The topological polar surface area (TPSA) is 108 Å². The fourth-order valence-electron chi connectivity index (χ4n) is 4.84. The van der Waals surface area contributed by atoms with Gasteiger partial charge in [0.05, 0.1) is 37.6 Å². The number of nitrogen functional groups attached to an aromatic ring is 1. The Morgan fingerprint density at radius 3 is 2.76 bits per heavy atom. The molecule has 1 atom stereocenters. The van der Waals surface area contributed by atoms with Crippen molar-refractivity contribution in [2.45, 2.75) is 37.8 Å². The number of halogens is 4. The molecule has 13 heteroatoms. The average molecular weight is 536 g/mol. The number of hydrogen-bond donors (Lipinski definition) is 2. The molecule has 3 aromatic heterocycles. The minimum atomic E-state index is -2.52. The number of nitrogens with zero attached hydrogens (tertiary/aromatic N) is 5. The van der Waals surface area contributed by atoms with Crippen molar-refractivity contribution in [3.63, 3.8) is 0 Å². The number of benzene rings is 1. The molecule has 0 saturated carbocycles. The molecule has 1 aliphatic heterocycles. The Morgan fingerprint density at radius 1 is 1.19 bits per heavy atom. The van der Waals surface area contributed by atoms with Crippen LogP contribution in [0, 0.1) is 11.6 Å². The number of alkyl halides is 2. The van der Waals surface area contributed by atoms with Gasteiger partial charge in [0.25, 0.3) is 0 Å². The third kappa shape index (κ3) is 4.92. The van der Waals surface area contributed by atoms with E-state index >= 15 is 0 Å². The Kier molecular flexibility index (Phi) is 6.67. The fourth-order valence-corrected chi connectivity index (χ4v) is 5.58. The van der Waals surface area contributed by atoms with E-state index in [1.165, 1.54) is 18.6 Å². The maximum absolute atomic E-state index is 14.9. The highest BCUT2D eigenvalue weighted by Crippen LogP contribution is 2.35. The van der Waals surface area contributed by atoms with Crippen molar-refractivity contribution >= 4 is 33.4 Å². The monoisotopic (exact) mass is 535 g/mol. The molecule has 1 aromatic carbocycles. The summed E-state index contributed by atoms with van der Waals surface area (Å²) in [5, 5.41) is 0. The maximum Gasteiger partial charge on any atom is 0.240 e. The van der Waals surface area contributed by atoms with Crippen molar-refractivity contribution < 1.29 is 22.3 Å². The van der Waals surface area contributed by atoms with E-state index in [0.717, 1.165) is 17.0 Å². The smallest absolute Gasteiger partial charge is 0.240 e. The first-order valence-corrected chi connectivity index (χ1v) is 12.3. The summed E-state index contributed by atoms with van der Waals surface area (Å²) in [6, 6.07) is 3.67. The molecule has 1 saturated heterocycles. The summed E-state index contributed by atoms with van der Waals surface area (Å²) in [6.07, 6.45) is 1.35. The van der Waals surface area contributed by atoms with Crippen LogP contribution >= 0.6 is 11.5 Å². The van der Waals surface area contributed by atoms with Gasteiger partial charge in [-0.05, 0) is 42.1 Å². The van der Waals surface area contributed by atoms with Crippen molar-refractivity contribution in [3.05, 3.63) is 47.9 Å². The van der Waals surface area contributed by atoms with Crippen molar-refractivity contribution in [1.82, 2.24) is 18.9 Å². The van der Waals surface area contributed by atoms with Gasteiger partial charge in [0.15, 0.2) is 17.4 Å². The van der Waals surface area contributed by atoms with Gasteiger partial charge in [0, 0.05) is 36.7 Å². The molecule has 1 aliphatic rings. The molecule has 0 amide bonds. The third-order valence-electron chi connectivity index (χ3n) is 6.60. The number of rotatable bonds is 7. The molecule has 4 N–H and O–H groups in total. The van der Waals surface area contributed by atoms with E-state index in [1.807, 2.05) is 9.47 Å². The van der Waals surface area contributed by atoms with Gasteiger partial charge >= 0.3 is 0 Å². The van der Waals surface area contributed by atoms with Gasteiger partial charge in [0.1, 0.15) is 16.2 Å². The molecule has 4 aromatic rings. The molecule has 0 aliphatic carbocycles. The molecule has 196 valence electrons. The molecule has 4 heterocycles. The maximum atomic E-state index is 14.9. The van der Waals surface area contributed by atoms with Crippen LogP contribution in [0.4, 0.5) is 29.1 Å². The first-order chi connectivity index (χ1) is 17.7. The van der Waals surface area contributed by atoms with Gasteiger partial charge < -0.3 is 25.7 Å². The Labute approximate surface area is 214 Å². The number of fused-ring (bicyclic) bond motifs is 1. The molecule has 0 unspecified atom stereocenters. The molecular formula is C24H25F4N7OS. The molecule has 0 radical (unpaired) electrons. The second kappa shape index (κ2) is 9.78. The Morgan fingerprint density at radius 2 is 2.00 bits per heavy atom. The summed E-state index contributed by atoms with van der Waals surface area (Å²) >= 11 is 1.19. The zero-order chi connectivity index (χ0) is 26.3. The van der Waals surface area contributed by atoms with Crippen LogP contribution in [0.25, 0.3) is 21.6 Å². The molecule has 0 bridgehead atoms. The number of imidazole rings is 1. The second-order valence-corrected chi connectivity index (χ2v) is 9.99. The molecule has 0 spiro atoms. The van der Waals surface area contributed by atoms with Crippen molar-refractivity contribution in [3.8, 4) is 17.0 Å². The van der Waals surface area contributed by atoms with Crippen LogP contribution < -0.4 is 21.1 Å². The van der Waals surface area contributed by atoms with E-state index in [2.05, 4.69) is 14.3 Å². The van der Waals surface area contributed by atoms with Gasteiger partial charge in [-0.25, -0.2) is 22.5 Å². The Hall–Kier alpha value is -3.45. The van der Waals surface area contributed by atoms with Crippen LogP contribution in [0.5, 0.6) is 5.75 Å². The minimum Gasteiger partial charge on any atom is -0.494 e. The third-order valence-corrected chi connectivity index (χ3v) is 7.49. The van der Waals surface area contributed by atoms with E-state index in [1.54, 1.807) is 18.6 Å². The lowest BCUT2D eigenvalue weighted by Gasteiger charge is -2.42. The van der Waals surface area contributed by atoms with Gasteiger partial charge in [-0.15, -0.1) is 0 Å². The Bertz CT molecular complexity index is 1440. The summed E-state index contributed by atoms with van der Waals surface area (Å²) in [6.45, 7) is 1.09. The largest absolute Gasteiger partial charge is 0.494 e. The number of anilines is 2. The van der Waals surface area contributed by atoms with Gasteiger partial charge in [-0.2, -0.15) is 4.37 Å². The highest BCUT2D eigenvalue weighted by atomic mass is 32.1.